The summed E-state index contributed by atoms with van der Waals surface area (Å²) in [5.74, 6) is 0.380. The van der Waals surface area contributed by atoms with Crippen molar-refractivity contribution in [3.05, 3.63) is 0 Å². The van der Waals surface area contributed by atoms with E-state index in [1.54, 1.807) is 14.2 Å². The van der Waals surface area contributed by atoms with Crippen LogP contribution in [0.15, 0.2) is 0 Å². The SMILES string of the molecule is COCCNCC(=O)NCC(OC)C(C)C.Cl. The van der Waals surface area contributed by atoms with Crippen molar-refractivity contribution in [1.82, 2.24) is 10.6 Å². The number of hydrogen-bond donors (Lipinski definition) is 2. The van der Waals surface area contributed by atoms with Crippen LogP contribution in [0, 0.1) is 5.92 Å². The third kappa shape index (κ3) is 10.5. The van der Waals surface area contributed by atoms with Gasteiger partial charge >= 0.3 is 0 Å². The van der Waals surface area contributed by atoms with Crippen LogP contribution < -0.4 is 10.6 Å². The number of amides is 1. The van der Waals surface area contributed by atoms with E-state index in [0.29, 0.717) is 32.2 Å². The minimum absolute atomic E-state index is 0. The number of ether oxygens (including phenoxy) is 2. The Morgan fingerprint density at radius 2 is 1.94 bits per heavy atom. The molecule has 17 heavy (non-hydrogen) atoms. The first-order chi connectivity index (χ1) is 7.61. The van der Waals surface area contributed by atoms with Crippen LogP contribution in [0.4, 0.5) is 0 Å². The molecule has 0 aliphatic heterocycles. The smallest absolute Gasteiger partial charge is 0.234 e. The molecule has 0 aliphatic carbocycles. The van der Waals surface area contributed by atoms with Gasteiger partial charge in [-0.2, -0.15) is 0 Å². The van der Waals surface area contributed by atoms with E-state index in [1.807, 2.05) is 0 Å². The van der Waals surface area contributed by atoms with Crippen LogP contribution in [-0.4, -0.2) is 52.5 Å². The molecule has 0 aromatic carbocycles. The van der Waals surface area contributed by atoms with Crippen molar-refractivity contribution < 1.29 is 14.3 Å². The molecule has 6 heteroatoms. The van der Waals surface area contributed by atoms with Gasteiger partial charge in [0.25, 0.3) is 0 Å². The lowest BCUT2D eigenvalue weighted by atomic mass is 10.1. The lowest BCUT2D eigenvalue weighted by molar-refractivity contribution is -0.121. The molecule has 0 fully saturated rings. The van der Waals surface area contributed by atoms with Gasteiger partial charge < -0.3 is 20.1 Å². The summed E-state index contributed by atoms with van der Waals surface area (Å²) in [5.41, 5.74) is 0. The molecule has 0 aromatic heterocycles. The number of halogens is 1. The fourth-order valence-corrected chi connectivity index (χ4v) is 1.24. The van der Waals surface area contributed by atoms with Crippen molar-refractivity contribution in [3.63, 3.8) is 0 Å². The highest BCUT2D eigenvalue weighted by Gasteiger charge is 2.12. The monoisotopic (exact) mass is 268 g/mol. The Balaban J connectivity index is 0. The van der Waals surface area contributed by atoms with Crippen LogP contribution in [0.25, 0.3) is 0 Å². The number of carbonyl (C=O) groups is 1. The van der Waals surface area contributed by atoms with E-state index < -0.39 is 0 Å². The van der Waals surface area contributed by atoms with Gasteiger partial charge in [-0.05, 0) is 5.92 Å². The number of nitrogens with one attached hydrogen (secondary N) is 2. The maximum absolute atomic E-state index is 11.4. The van der Waals surface area contributed by atoms with Gasteiger partial charge in [-0.25, -0.2) is 0 Å². The topological polar surface area (TPSA) is 59.6 Å². The van der Waals surface area contributed by atoms with Crippen LogP contribution in [0.1, 0.15) is 13.8 Å². The van der Waals surface area contributed by atoms with E-state index in [9.17, 15) is 4.79 Å². The van der Waals surface area contributed by atoms with Crippen molar-refractivity contribution >= 4 is 18.3 Å². The quantitative estimate of drug-likeness (QED) is 0.596. The third-order valence-electron chi connectivity index (χ3n) is 2.32. The summed E-state index contributed by atoms with van der Waals surface area (Å²) in [6, 6.07) is 0. The highest BCUT2D eigenvalue weighted by atomic mass is 35.5. The average Bonchev–Trinajstić information content (AvgIpc) is 2.25. The van der Waals surface area contributed by atoms with Gasteiger partial charge in [-0.3, -0.25) is 4.79 Å². The lowest BCUT2D eigenvalue weighted by Crippen LogP contribution is -2.40. The Bertz CT molecular complexity index is 192. The average molecular weight is 269 g/mol. The van der Waals surface area contributed by atoms with Crippen molar-refractivity contribution in [2.45, 2.75) is 20.0 Å². The zero-order chi connectivity index (χ0) is 12.4. The summed E-state index contributed by atoms with van der Waals surface area (Å²) < 4.78 is 10.1. The van der Waals surface area contributed by atoms with Crippen LogP contribution in [0.2, 0.25) is 0 Å². The first-order valence-electron chi connectivity index (χ1n) is 5.61. The van der Waals surface area contributed by atoms with Crippen molar-refractivity contribution in [2.75, 3.05) is 40.5 Å². The molecule has 0 spiro atoms. The Morgan fingerprint density at radius 3 is 2.41 bits per heavy atom. The molecule has 104 valence electrons. The van der Waals surface area contributed by atoms with Crippen LogP contribution in [0.3, 0.4) is 0 Å². The van der Waals surface area contributed by atoms with Crippen LogP contribution in [-0.2, 0) is 14.3 Å². The zero-order valence-corrected chi connectivity index (χ0v) is 11.9. The second-order valence-corrected chi connectivity index (χ2v) is 3.99. The number of hydrogen-bond acceptors (Lipinski definition) is 4. The normalized spacial score (nSPS) is 12.1. The number of carbonyl (C=O) groups excluding carboxylic acids is 1. The highest BCUT2D eigenvalue weighted by Crippen LogP contribution is 2.03. The van der Waals surface area contributed by atoms with Gasteiger partial charge in [-0.1, -0.05) is 13.8 Å². The Hall–Kier alpha value is -0.360. The molecule has 1 atom stereocenters. The Morgan fingerprint density at radius 1 is 1.29 bits per heavy atom. The van der Waals surface area contributed by atoms with Gasteiger partial charge in [0.1, 0.15) is 0 Å². The number of rotatable bonds is 9. The zero-order valence-electron chi connectivity index (χ0n) is 11.1. The maximum atomic E-state index is 11.4. The van der Waals surface area contributed by atoms with Crippen LogP contribution in [0.5, 0.6) is 0 Å². The molecule has 1 amide bonds. The van der Waals surface area contributed by atoms with E-state index in [-0.39, 0.29) is 24.4 Å². The first kappa shape index (κ1) is 19.0. The molecule has 0 aliphatic rings. The summed E-state index contributed by atoms with van der Waals surface area (Å²) in [7, 11) is 3.29. The molecule has 0 aromatic rings. The highest BCUT2D eigenvalue weighted by molar-refractivity contribution is 5.85. The molecular formula is C11H25ClN2O3. The van der Waals surface area contributed by atoms with Gasteiger partial charge in [0, 0.05) is 27.3 Å². The van der Waals surface area contributed by atoms with E-state index in [4.69, 9.17) is 9.47 Å². The fourth-order valence-electron chi connectivity index (χ4n) is 1.24. The van der Waals surface area contributed by atoms with Crippen LogP contribution >= 0.6 is 12.4 Å². The predicted octanol–water partition coefficient (Wildman–Crippen LogP) is 0.431. The minimum atomic E-state index is -0.0150. The van der Waals surface area contributed by atoms with E-state index in [1.165, 1.54) is 0 Å². The molecular weight excluding hydrogens is 244 g/mol. The first-order valence-corrected chi connectivity index (χ1v) is 5.61. The van der Waals surface area contributed by atoms with Crippen molar-refractivity contribution in [2.24, 2.45) is 5.92 Å². The third-order valence-corrected chi connectivity index (χ3v) is 2.32. The lowest BCUT2D eigenvalue weighted by Gasteiger charge is -2.19. The summed E-state index contributed by atoms with van der Waals surface area (Å²) in [6.07, 6.45) is 0.0722. The van der Waals surface area contributed by atoms with Gasteiger partial charge in [0.05, 0.1) is 19.3 Å². The molecule has 5 nitrogen and oxygen atoms in total. The van der Waals surface area contributed by atoms with Gasteiger partial charge in [0.15, 0.2) is 0 Å². The summed E-state index contributed by atoms with van der Waals surface area (Å²) in [5, 5.41) is 5.80. The summed E-state index contributed by atoms with van der Waals surface area (Å²) in [6.45, 7) is 6.30. The molecule has 0 saturated heterocycles. The molecule has 0 saturated carbocycles. The predicted molar refractivity (Wildman–Crippen MR) is 70.6 cm³/mol. The standard InChI is InChI=1S/C11H24N2O3.ClH/c1-9(2)10(16-4)7-13-11(14)8-12-5-6-15-3;/h9-10,12H,5-8H2,1-4H3,(H,13,14);1H. The number of methoxy groups -OCH3 is 2. The summed E-state index contributed by atoms with van der Waals surface area (Å²) >= 11 is 0. The molecule has 0 heterocycles. The maximum Gasteiger partial charge on any atom is 0.234 e. The second kappa shape index (κ2) is 12.1. The minimum Gasteiger partial charge on any atom is -0.383 e. The van der Waals surface area contributed by atoms with E-state index in [2.05, 4.69) is 24.5 Å². The fraction of sp³-hybridized carbons (Fsp3) is 0.909. The summed E-state index contributed by atoms with van der Waals surface area (Å²) in [4.78, 5) is 11.4. The van der Waals surface area contributed by atoms with E-state index in [0.717, 1.165) is 0 Å². The largest absolute Gasteiger partial charge is 0.383 e. The molecule has 2 N–H and O–H groups in total. The van der Waals surface area contributed by atoms with Crippen molar-refractivity contribution in [1.29, 1.82) is 0 Å². The molecule has 0 bridgehead atoms. The molecule has 0 radical (unpaired) electrons. The molecule has 1 unspecified atom stereocenters. The van der Waals surface area contributed by atoms with Gasteiger partial charge in [-0.15, -0.1) is 12.4 Å². The Kier molecular flexibility index (Phi) is 13.5. The molecule has 0 rings (SSSR count). The second-order valence-electron chi connectivity index (χ2n) is 3.99. The van der Waals surface area contributed by atoms with Gasteiger partial charge in [0.2, 0.25) is 5.91 Å². The van der Waals surface area contributed by atoms with E-state index >= 15 is 0 Å². The van der Waals surface area contributed by atoms with Crippen molar-refractivity contribution in [3.8, 4) is 0 Å². The Labute approximate surface area is 110 Å².